The Labute approximate surface area is 118 Å². The Morgan fingerprint density at radius 1 is 1.40 bits per heavy atom. The standard InChI is InChI=1S/C15H19NO4/c1-3-11-6-4-5-7-12(11)14(17)16-8-9-20-13(10-16)15(18)19-2/h4-7,13H,3,8-10H2,1-2H3. The summed E-state index contributed by atoms with van der Waals surface area (Å²) in [5.74, 6) is -0.495. The molecule has 1 aromatic rings. The maximum absolute atomic E-state index is 12.6. The molecule has 0 saturated carbocycles. The van der Waals surface area contributed by atoms with Crippen molar-refractivity contribution < 1.29 is 19.1 Å². The minimum absolute atomic E-state index is 0.0559. The number of morpholine rings is 1. The summed E-state index contributed by atoms with van der Waals surface area (Å²) < 4.78 is 10.0. The molecule has 1 aliphatic heterocycles. The summed E-state index contributed by atoms with van der Waals surface area (Å²) in [4.78, 5) is 25.7. The number of hydrogen-bond acceptors (Lipinski definition) is 4. The van der Waals surface area contributed by atoms with Crippen LogP contribution in [0.25, 0.3) is 0 Å². The van der Waals surface area contributed by atoms with Gasteiger partial charge in [-0.25, -0.2) is 4.79 Å². The predicted octanol–water partition coefficient (Wildman–Crippen LogP) is 1.26. The van der Waals surface area contributed by atoms with Crippen LogP contribution in [0.2, 0.25) is 0 Å². The normalized spacial score (nSPS) is 18.7. The summed E-state index contributed by atoms with van der Waals surface area (Å²) >= 11 is 0. The van der Waals surface area contributed by atoms with Gasteiger partial charge in [0.25, 0.3) is 5.91 Å². The molecule has 1 amide bonds. The van der Waals surface area contributed by atoms with E-state index in [1.54, 1.807) is 4.90 Å². The molecule has 0 radical (unpaired) electrons. The number of ether oxygens (including phenoxy) is 2. The van der Waals surface area contributed by atoms with Gasteiger partial charge in [-0.2, -0.15) is 0 Å². The molecule has 1 unspecified atom stereocenters. The SMILES string of the molecule is CCc1ccccc1C(=O)N1CCOC(C(=O)OC)C1. The summed E-state index contributed by atoms with van der Waals surface area (Å²) in [6.07, 6.45) is 0.110. The van der Waals surface area contributed by atoms with E-state index in [9.17, 15) is 9.59 Å². The summed E-state index contributed by atoms with van der Waals surface area (Å²) in [6.45, 7) is 3.09. The van der Waals surface area contributed by atoms with Crippen molar-refractivity contribution in [2.45, 2.75) is 19.4 Å². The molecule has 0 N–H and O–H groups in total. The first kappa shape index (κ1) is 14.5. The number of aryl methyl sites for hydroxylation is 1. The maximum Gasteiger partial charge on any atom is 0.336 e. The van der Waals surface area contributed by atoms with E-state index >= 15 is 0 Å². The van der Waals surface area contributed by atoms with Crippen molar-refractivity contribution in [3.63, 3.8) is 0 Å². The van der Waals surface area contributed by atoms with Gasteiger partial charge in [0.05, 0.1) is 20.3 Å². The third kappa shape index (κ3) is 2.99. The van der Waals surface area contributed by atoms with E-state index in [0.717, 1.165) is 12.0 Å². The molecule has 1 aliphatic rings. The largest absolute Gasteiger partial charge is 0.467 e. The zero-order chi connectivity index (χ0) is 14.5. The third-order valence-corrected chi connectivity index (χ3v) is 3.45. The molecule has 2 rings (SSSR count). The Bertz CT molecular complexity index is 500. The number of benzene rings is 1. The lowest BCUT2D eigenvalue weighted by atomic mass is 10.0. The first-order valence-corrected chi connectivity index (χ1v) is 6.74. The van der Waals surface area contributed by atoms with Gasteiger partial charge in [-0.15, -0.1) is 0 Å². The molecule has 20 heavy (non-hydrogen) atoms. The van der Waals surface area contributed by atoms with E-state index in [0.29, 0.717) is 18.7 Å². The van der Waals surface area contributed by atoms with Crippen LogP contribution in [0.3, 0.4) is 0 Å². The molecule has 0 aromatic heterocycles. The first-order valence-electron chi connectivity index (χ1n) is 6.74. The maximum atomic E-state index is 12.6. The average molecular weight is 277 g/mol. The number of carbonyl (C=O) groups is 2. The lowest BCUT2D eigenvalue weighted by molar-refractivity contribution is -0.158. The zero-order valence-corrected chi connectivity index (χ0v) is 11.8. The van der Waals surface area contributed by atoms with Crippen LogP contribution >= 0.6 is 0 Å². The van der Waals surface area contributed by atoms with Gasteiger partial charge in [-0.3, -0.25) is 4.79 Å². The van der Waals surface area contributed by atoms with E-state index in [2.05, 4.69) is 4.74 Å². The van der Waals surface area contributed by atoms with Gasteiger partial charge < -0.3 is 14.4 Å². The lowest BCUT2D eigenvalue weighted by Crippen LogP contribution is -2.49. The van der Waals surface area contributed by atoms with Gasteiger partial charge in [0, 0.05) is 12.1 Å². The molecule has 5 heteroatoms. The number of amides is 1. The van der Waals surface area contributed by atoms with Crippen LogP contribution in [-0.2, 0) is 20.7 Å². The van der Waals surface area contributed by atoms with Crippen LogP contribution in [0.5, 0.6) is 0 Å². The fourth-order valence-electron chi connectivity index (χ4n) is 2.32. The molecule has 1 saturated heterocycles. The number of hydrogen-bond donors (Lipinski definition) is 0. The molecule has 1 aromatic carbocycles. The molecular weight excluding hydrogens is 258 g/mol. The Hall–Kier alpha value is -1.88. The van der Waals surface area contributed by atoms with Crippen molar-refractivity contribution >= 4 is 11.9 Å². The van der Waals surface area contributed by atoms with Crippen molar-refractivity contribution in [1.82, 2.24) is 4.90 Å². The van der Waals surface area contributed by atoms with Crippen molar-refractivity contribution in [3.05, 3.63) is 35.4 Å². The summed E-state index contributed by atoms with van der Waals surface area (Å²) in [5.41, 5.74) is 1.71. The van der Waals surface area contributed by atoms with Crippen LogP contribution in [0.15, 0.2) is 24.3 Å². The number of esters is 1. The second-order valence-corrected chi connectivity index (χ2v) is 4.64. The van der Waals surface area contributed by atoms with Crippen molar-refractivity contribution in [1.29, 1.82) is 0 Å². The summed E-state index contributed by atoms with van der Waals surface area (Å²) in [6, 6.07) is 7.55. The first-order chi connectivity index (χ1) is 9.67. The van der Waals surface area contributed by atoms with Crippen molar-refractivity contribution in [2.24, 2.45) is 0 Å². The minimum Gasteiger partial charge on any atom is -0.467 e. The Morgan fingerprint density at radius 2 is 2.15 bits per heavy atom. The Kier molecular flexibility index (Phi) is 4.74. The molecule has 1 heterocycles. The van der Waals surface area contributed by atoms with Gasteiger partial charge >= 0.3 is 5.97 Å². The van der Waals surface area contributed by atoms with E-state index in [-0.39, 0.29) is 12.5 Å². The van der Waals surface area contributed by atoms with Gasteiger partial charge in [0.1, 0.15) is 0 Å². The Morgan fingerprint density at radius 3 is 2.85 bits per heavy atom. The van der Waals surface area contributed by atoms with Crippen molar-refractivity contribution in [2.75, 3.05) is 26.8 Å². The number of carbonyl (C=O) groups excluding carboxylic acids is 2. The molecule has 108 valence electrons. The highest BCUT2D eigenvalue weighted by Crippen LogP contribution is 2.15. The fourth-order valence-corrected chi connectivity index (χ4v) is 2.32. The third-order valence-electron chi connectivity index (χ3n) is 3.45. The molecule has 1 fully saturated rings. The highest BCUT2D eigenvalue weighted by molar-refractivity contribution is 5.96. The molecule has 0 spiro atoms. The van der Waals surface area contributed by atoms with Crippen LogP contribution in [0.4, 0.5) is 0 Å². The fraction of sp³-hybridized carbons (Fsp3) is 0.467. The minimum atomic E-state index is -0.688. The Balaban J connectivity index is 2.14. The molecule has 0 bridgehead atoms. The molecular formula is C15H19NO4. The summed E-state index contributed by atoms with van der Waals surface area (Å²) in [5, 5.41) is 0. The van der Waals surface area contributed by atoms with Crippen LogP contribution in [-0.4, -0.2) is 49.7 Å². The van der Waals surface area contributed by atoms with E-state index in [1.807, 2.05) is 31.2 Å². The van der Waals surface area contributed by atoms with Crippen LogP contribution in [0, 0.1) is 0 Å². The molecule has 0 aliphatic carbocycles. The number of methoxy groups -OCH3 is 1. The van der Waals surface area contributed by atoms with Gasteiger partial charge in [0.15, 0.2) is 6.10 Å². The summed E-state index contributed by atoms with van der Waals surface area (Å²) in [7, 11) is 1.32. The number of rotatable bonds is 3. The average Bonchev–Trinajstić information content (AvgIpc) is 2.53. The van der Waals surface area contributed by atoms with Crippen molar-refractivity contribution in [3.8, 4) is 0 Å². The lowest BCUT2D eigenvalue weighted by Gasteiger charge is -2.32. The number of nitrogens with zero attached hydrogens (tertiary/aromatic N) is 1. The molecule has 1 atom stereocenters. The predicted molar refractivity (Wildman–Crippen MR) is 73.5 cm³/mol. The van der Waals surface area contributed by atoms with E-state index in [1.165, 1.54) is 7.11 Å². The van der Waals surface area contributed by atoms with E-state index in [4.69, 9.17) is 4.74 Å². The second kappa shape index (κ2) is 6.52. The quantitative estimate of drug-likeness (QED) is 0.781. The molecule has 5 nitrogen and oxygen atoms in total. The van der Waals surface area contributed by atoms with Gasteiger partial charge in [0.2, 0.25) is 0 Å². The highest BCUT2D eigenvalue weighted by Gasteiger charge is 2.30. The van der Waals surface area contributed by atoms with E-state index < -0.39 is 12.1 Å². The second-order valence-electron chi connectivity index (χ2n) is 4.64. The smallest absolute Gasteiger partial charge is 0.336 e. The highest BCUT2D eigenvalue weighted by atomic mass is 16.6. The monoisotopic (exact) mass is 277 g/mol. The van der Waals surface area contributed by atoms with Gasteiger partial charge in [-0.1, -0.05) is 25.1 Å². The topological polar surface area (TPSA) is 55.8 Å². The zero-order valence-electron chi connectivity index (χ0n) is 11.8. The van der Waals surface area contributed by atoms with Crippen LogP contribution in [0.1, 0.15) is 22.8 Å². The van der Waals surface area contributed by atoms with Gasteiger partial charge in [-0.05, 0) is 18.1 Å². The van der Waals surface area contributed by atoms with Crippen LogP contribution < -0.4 is 0 Å².